The maximum atomic E-state index is 12.9. The number of anilines is 1. The number of amides is 1. The summed E-state index contributed by atoms with van der Waals surface area (Å²) < 4.78 is 11.2. The molecule has 0 aliphatic rings. The number of hydrogen-bond acceptors (Lipinski definition) is 7. The number of carbonyl (C=O) groups excluding carboxylic acids is 1. The van der Waals surface area contributed by atoms with Gasteiger partial charge in [-0.15, -0.1) is 0 Å². The fourth-order valence-corrected chi connectivity index (χ4v) is 2.83. The van der Waals surface area contributed by atoms with Crippen molar-refractivity contribution in [3.8, 4) is 17.2 Å². The van der Waals surface area contributed by atoms with Gasteiger partial charge in [0.05, 0.1) is 30.0 Å². The van der Waals surface area contributed by atoms with Gasteiger partial charge in [0.15, 0.2) is 0 Å². The fraction of sp³-hybridized carbons (Fsp3) is 0.150. The number of rotatable bonds is 7. The van der Waals surface area contributed by atoms with Crippen molar-refractivity contribution in [2.75, 3.05) is 19.0 Å². The maximum absolute atomic E-state index is 12.9. The molecule has 3 rings (SSSR count). The molecule has 0 saturated carbocycles. The van der Waals surface area contributed by atoms with Crippen LogP contribution in [0.5, 0.6) is 11.5 Å². The second-order valence-corrected chi connectivity index (χ2v) is 6.17. The molecule has 160 valence electrons. The zero-order valence-electron chi connectivity index (χ0n) is 16.6. The van der Waals surface area contributed by atoms with Gasteiger partial charge in [-0.3, -0.25) is 19.7 Å². The molecule has 3 aromatic rings. The average molecular weight is 426 g/mol. The van der Waals surface area contributed by atoms with Crippen molar-refractivity contribution >= 4 is 17.3 Å². The standard InChI is InChI=1S/C20H18N4O7/c1-3-31-14-7-4-12(5-8-14)23-19(26)15(11-21-20(23)27)18(25)22-16-10-13(24(28)29)6-9-17(16)30-2/h4-11H,3H2,1-2H3,(H,21,27)(H,22,25). The summed E-state index contributed by atoms with van der Waals surface area (Å²) in [4.78, 5) is 50.6. The lowest BCUT2D eigenvalue weighted by molar-refractivity contribution is -0.384. The molecular weight excluding hydrogens is 408 g/mol. The molecule has 0 atom stereocenters. The van der Waals surface area contributed by atoms with E-state index in [9.17, 15) is 24.5 Å². The molecule has 0 saturated heterocycles. The SMILES string of the molecule is CCOc1ccc(-n2c(=O)[nH]cc(C(=O)Nc3cc([N+](=O)[O-])ccc3OC)c2=O)cc1. The molecule has 0 aliphatic heterocycles. The van der Waals surface area contributed by atoms with Crippen molar-refractivity contribution in [1.29, 1.82) is 0 Å². The number of nitro groups is 1. The molecule has 1 aromatic heterocycles. The molecule has 31 heavy (non-hydrogen) atoms. The van der Waals surface area contributed by atoms with Crippen LogP contribution in [0.4, 0.5) is 11.4 Å². The van der Waals surface area contributed by atoms with E-state index < -0.39 is 22.1 Å². The molecule has 0 bridgehead atoms. The monoisotopic (exact) mass is 426 g/mol. The van der Waals surface area contributed by atoms with Crippen LogP contribution in [0.25, 0.3) is 5.69 Å². The third-order valence-corrected chi connectivity index (χ3v) is 4.27. The number of nitrogens with zero attached hydrogens (tertiary/aromatic N) is 2. The van der Waals surface area contributed by atoms with Crippen molar-refractivity contribution in [2.24, 2.45) is 0 Å². The molecule has 0 aliphatic carbocycles. The van der Waals surface area contributed by atoms with Crippen molar-refractivity contribution in [2.45, 2.75) is 6.92 Å². The van der Waals surface area contributed by atoms with Gasteiger partial charge in [-0.05, 0) is 37.3 Å². The number of ether oxygens (including phenoxy) is 2. The van der Waals surface area contributed by atoms with E-state index in [4.69, 9.17) is 9.47 Å². The van der Waals surface area contributed by atoms with Gasteiger partial charge in [-0.1, -0.05) is 0 Å². The Morgan fingerprint density at radius 3 is 2.52 bits per heavy atom. The number of non-ortho nitro benzene ring substituents is 1. The smallest absolute Gasteiger partial charge is 0.333 e. The third-order valence-electron chi connectivity index (χ3n) is 4.27. The predicted molar refractivity (Wildman–Crippen MR) is 111 cm³/mol. The number of carbonyl (C=O) groups is 1. The van der Waals surface area contributed by atoms with Gasteiger partial charge in [0.2, 0.25) is 0 Å². The zero-order valence-corrected chi connectivity index (χ0v) is 16.6. The Hall–Kier alpha value is -4.41. The predicted octanol–water partition coefficient (Wildman–Crippen LogP) is 2.09. The van der Waals surface area contributed by atoms with E-state index in [-0.39, 0.29) is 28.4 Å². The molecule has 11 heteroatoms. The highest BCUT2D eigenvalue weighted by Gasteiger charge is 2.19. The zero-order chi connectivity index (χ0) is 22.5. The van der Waals surface area contributed by atoms with Gasteiger partial charge in [-0.2, -0.15) is 0 Å². The van der Waals surface area contributed by atoms with Crippen molar-refractivity contribution in [3.63, 3.8) is 0 Å². The summed E-state index contributed by atoms with van der Waals surface area (Å²) in [5.74, 6) is -0.155. The minimum absolute atomic E-state index is 0.0000766. The van der Waals surface area contributed by atoms with Gasteiger partial charge in [-0.25, -0.2) is 9.36 Å². The summed E-state index contributed by atoms with van der Waals surface area (Å²) in [5, 5.41) is 13.4. The number of H-pyrrole nitrogens is 1. The summed E-state index contributed by atoms with van der Waals surface area (Å²) >= 11 is 0. The molecule has 11 nitrogen and oxygen atoms in total. The van der Waals surface area contributed by atoms with Gasteiger partial charge < -0.3 is 19.8 Å². The average Bonchev–Trinajstić information content (AvgIpc) is 2.75. The number of nitrogens with one attached hydrogen (secondary N) is 2. The lowest BCUT2D eigenvalue weighted by Gasteiger charge is -2.11. The Kier molecular flexibility index (Phi) is 6.15. The molecule has 0 spiro atoms. The summed E-state index contributed by atoms with van der Waals surface area (Å²) in [6, 6.07) is 9.83. The topological polar surface area (TPSA) is 146 Å². The minimum Gasteiger partial charge on any atom is -0.495 e. The van der Waals surface area contributed by atoms with Crippen LogP contribution in [-0.4, -0.2) is 34.1 Å². The first kappa shape index (κ1) is 21.3. The number of nitro benzene ring substituents is 1. The van der Waals surface area contributed by atoms with Crippen molar-refractivity contribution in [3.05, 3.63) is 85.2 Å². The number of benzene rings is 2. The second kappa shape index (κ2) is 8.95. The van der Waals surface area contributed by atoms with E-state index in [1.165, 1.54) is 31.4 Å². The van der Waals surface area contributed by atoms with Gasteiger partial charge in [0, 0.05) is 18.3 Å². The van der Waals surface area contributed by atoms with Crippen LogP contribution in [0.2, 0.25) is 0 Å². The Morgan fingerprint density at radius 2 is 1.90 bits per heavy atom. The lowest BCUT2D eigenvalue weighted by Crippen LogP contribution is -2.38. The minimum atomic E-state index is -0.875. The van der Waals surface area contributed by atoms with Crippen LogP contribution in [-0.2, 0) is 0 Å². The molecule has 0 fully saturated rings. The van der Waals surface area contributed by atoms with Crippen molar-refractivity contribution in [1.82, 2.24) is 9.55 Å². The van der Waals surface area contributed by atoms with E-state index in [0.717, 1.165) is 16.8 Å². The number of hydrogen-bond donors (Lipinski definition) is 2. The lowest BCUT2D eigenvalue weighted by atomic mass is 10.2. The van der Waals surface area contributed by atoms with Crippen LogP contribution in [0.1, 0.15) is 17.3 Å². The van der Waals surface area contributed by atoms with Crippen LogP contribution < -0.4 is 26.0 Å². The first-order valence-corrected chi connectivity index (χ1v) is 9.07. The van der Waals surface area contributed by atoms with E-state index in [1.807, 2.05) is 6.92 Å². The Morgan fingerprint density at radius 1 is 1.19 bits per heavy atom. The largest absolute Gasteiger partial charge is 0.495 e. The summed E-state index contributed by atoms with van der Waals surface area (Å²) in [6.07, 6.45) is 0.981. The van der Waals surface area contributed by atoms with E-state index in [2.05, 4.69) is 10.3 Å². The second-order valence-electron chi connectivity index (χ2n) is 6.17. The van der Waals surface area contributed by atoms with Crippen LogP contribution in [0, 0.1) is 10.1 Å². The Labute approximate surface area is 175 Å². The first-order chi connectivity index (χ1) is 14.8. The highest BCUT2D eigenvalue weighted by Crippen LogP contribution is 2.29. The normalized spacial score (nSPS) is 10.4. The summed E-state index contributed by atoms with van der Waals surface area (Å²) in [7, 11) is 1.33. The van der Waals surface area contributed by atoms with Crippen molar-refractivity contribution < 1.29 is 19.2 Å². The van der Waals surface area contributed by atoms with Gasteiger partial charge >= 0.3 is 5.69 Å². The highest BCUT2D eigenvalue weighted by atomic mass is 16.6. The fourth-order valence-electron chi connectivity index (χ4n) is 2.83. The molecule has 0 radical (unpaired) electrons. The molecule has 0 unspecified atom stereocenters. The Bertz CT molecular complexity index is 1250. The maximum Gasteiger partial charge on any atom is 0.333 e. The van der Waals surface area contributed by atoms with Crippen LogP contribution >= 0.6 is 0 Å². The quantitative estimate of drug-likeness (QED) is 0.434. The highest BCUT2D eigenvalue weighted by molar-refractivity contribution is 6.04. The van der Waals surface area contributed by atoms with E-state index >= 15 is 0 Å². The molecule has 2 aromatic carbocycles. The van der Waals surface area contributed by atoms with E-state index in [0.29, 0.717) is 12.4 Å². The van der Waals surface area contributed by atoms with Crippen LogP contribution in [0.3, 0.4) is 0 Å². The first-order valence-electron chi connectivity index (χ1n) is 9.07. The van der Waals surface area contributed by atoms with Gasteiger partial charge in [0.25, 0.3) is 17.2 Å². The summed E-state index contributed by atoms with van der Waals surface area (Å²) in [5.41, 5.74) is -2.02. The Balaban J connectivity index is 1.99. The summed E-state index contributed by atoms with van der Waals surface area (Å²) in [6.45, 7) is 2.28. The van der Waals surface area contributed by atoms with Crippen LogP contribution in [0.15, 0.2) is 58.3 Å². The molecule has 2 N–H and O–H groups in total. The van der Waals surface area contributed by atoms with E-state index in [1.54, 1.807) is 12.1 Å². The molecular formula is C20H18N4O7. The third kappa shape index (κ3) is 4.45. The number of aromatic amines is 1. The molecule has 1 amide bonds. The van der Waals surface area contributed by atoms with Gasteiger partial charge in [0.1, 0.15) is 17.1 Å². The number of aromatic nitrogens is 2. The number of methoxy groups -OCH3 is 1. The molecule has 1 heterocycles.